The van der Waals surface area contributed by atoms with Crippen molar-refractivity contribution in [2.24, 2.45) is 0 Å². The number of aromatic nitrogens is 1. The number of rotatable bonds is 2. The Labute approximate surface area is 152 Å². The predicted octanol–water partition coefficient (Wildman–Crippen LogP) is 5.97. The van der Waals surface area contributed by atoms with E-state index in [1.807, 2.05) is 24.3 Å². The number of aromatic amines is 1. The molecule has 0 saturated heterocycles. The number of carbonyl (C=O) groups is 1. The van der Waals surface area contributed by atoms with E-state index >= 15 is 0 Å². The van der Waals surface area contributed by atoms with Crippen LogP contribution < -0.4 is 5.32 Å². The van der Waals surface area contributed by atoms with Gasteiger partial charge in [-0.05, 0) is 47.5 Å². The van der Waals surface area contributed by atoms with E-state index in [1.165, 1.54) is 13.0 Å². The minimum Gasteiger partial charge on any atom is -0.354 e. The van der Waals surface area contributed by atoms with Gasteiger partial charge in [-0.1, -0.05) is 24.3 Å². The summed E-state index contributed by atoms with van der Waals surface area (Å²) in [5, 5.41) is 4.58. The summed E-state index contributed by atoms with van der Waals surface area (Å²) in [4.78, 5) is 14.5. The molecule has 0 fully saturated rings. The highest BCUT2D eigenvalue weighted by Crippen LogP contribution is 2.34. The summed E-state index contributed by atoms with van der Waals surface area (Å²) >= 11 is 0. The van der Waals surface area contributed by atoms with Crippen molar-refractivity contribution in [1.82, 2.24) is 4.98 Å². The zero-order chi connectivity index (χ0) is 19.2. The molecule has 0 unspecified atom stereocenters. The van der Waals surface area contributed by atoms with Crippen molar-refractivity contribution in [1.29, 1.82) is 0 Å². The molecule has 0 aliphatic rings. The van der Waals surface area contributed by atoms with E-state index < -0.39 is 11.7 Å². The van der Waals surface area contributed by atoms with E-state index in [0.29, 0.717) is 16.8 Å². The van der Waals surface area contributed by atoms with E-state index in [4.69, 9.17) is 0 Å². The monoisotopic (exact) mass is 368 g/mol. The molecule has 3 nitrogen and oxygen atoms in total. The lowest BCUT2D eigenvalue weighted by atomic mass is 10.0. The average molecular weight is 368 g/mol. The fourth-order valence-corrected chi connectivity index (χ4v) is 3.24. The maximum atomic E-state index is 13.0. The van der Waals surface area contributed by atoms with E-state index in [0.717, 1.165) is 33.9 Å². The standard InChI is InChI=1S/C21H15F3N2O/c1-12(27)25-16-6-7-17-18-10-14(5-8-19(18)26-20(17)11-16)13-3-2-4-15(9-13)21(22,23)24/h2-11,26H,1H3,(H,25,27). The summed E-state index contributed by atoms with van der Waals surface area (Å²) in [6, 6.07) is 16.3. The maximum Gasteiger partial charge on any atom is 0.416 e. The smallest absolute Gasteiger partial charge is 0.354 e. The Morgan fingerprint density at radius 1 is 0.889 bits per heavy atom. The number of nitrogens with one attached hydrogen (secondary N) is 2. The van der Waals surface area contributed by atoms with Gasteiger partial charge in [0.15, 0.2) is 0 Å². The number of halogens is 3. The van der Waals surface area contributed by atoms with Crippen LogP contribution in [0.2, 0.25) is 0 Å². The highest BCUT2D eigenvalue weighted by atomic mass is 19.4. The molecule has 0 atom stereocenters. The van der Waals surface area contributed by atoms with Crippen molar-refractivity contribution >= 4 is 33.4 Å². The van der Waals surface area contributed by atoms with Gasteiger partial charge < -0.3 is 10.3 Å². The average Bonchev–Trinajstić information content (AvgIpc) is 2.97. The molecule has 0 saturated carbocycles. The van der Waals surface area contributed by atoms with Crippen molar-refractivity contribution in [2.75, 3.05) is 5.32 Å². The van der Waals surface area contributed by atoms with Gasteiger partial charge in [-0.3, -0.25) is 4.79 Å². The van der Waals surface area contributed by atoms with Crippen LogP contribution in [0, 0.1) is 0 Å². The molecule has 0 aliphatic heterocycles. The number of fused-ring (bicyclic) bond motifs is 3. The van der Waals surface area contributed by atoms with E-state index in [1.54, 1.807) is 18.2 Å². The molecule has 0 radical (unpaired) electrons. The van der Waals surface area contributed by atoms with Gasteiger partial charge in [-0.25, -0.2) is 0 Å². The van der Waals surface area contributed by atoms with Crippen molar-refractivity contribution in [3.05, 3.63) is 66.2 Å². The molecule has 1 amide bonds. The zero-order valence-electron chi connectivity index (χ0n) is 14.3. The third kappa shape index (κ3) is 3.26. The summed E-state index contributed by atoms with van der Waals surface area (Å²) in [6.07, 6.45) is -4.37. The molecule has 2 N–H and O–H groups in total. The third-order valence-corrected chi connectivity index (χ3v) is 4.44. The molecule has 4 aromatic rings. The van der Waals surface area contributed by atoms with Crippen LogP contribution in [-0.2, 0) is 11.0 Å². The second-order valence-electron chi connectivity index (χ2n) is 6.41. The predicted molar refractivity (Wildman–Crippen MR) is 101 cm³/mol. The van der Waals surface area contributed by atoms with Crippen LogP contribution in [0.15, 0.2) is 60.7 Å². The quantitative estimate of drug-likeness (QED) is 0.450. The number of hydrogen-bond acceptors (Lipinski definition) is 1. The fourth-order valence-electron chi connectivity index (χ4n) is 3.24. The van der Waals surface area contributed by atoms with Gasteiger partial charge in [-0.15, -0.1) is 0 Å². The third-order valence-electron chi connectivity index (χ3n) is 4.44. The first kappa shape index (κ1) is 17.1. The number of H-pyrrole nitrogens is 1. The van der Waals surface area contributed by atoms with Crippen LogP contribution in [0.25, 0.3) is 32.9 Å². The zero-order valence-corrected chi connectivity index (χ0v) is 14.3. The number of hydrogen-bond donors (Lipinski definition) is 2. The Morgan fingerprint density at radius 3 is 2.41 bits per heavy atom. The van der Waals surface area contributed by atoms with E-state index in [-0.39, 0.29) is 5.91 Å². The number of alkyl halides is 3. The summed E-state index contributed by atoms with van der Waals surface area (Å²) in [5.41, 5.74) is 2.95. The Morgan fingerprint density at radius 2 is 1.67 bits per heavy atom. The maximum absolute atomic E-state index is 13.0. The molecule has 3 aromatic carbocycles. The Bertz CT molecular complexity index is 1180. The molecule has 6 heteroatoms. The normalized spacial score (nSPS) is 11.9. The van der Waals surface area contributed by atoms with Gasteiger partial charge in [0.1, 0.15) is 0 Å². The molecule has 0 spiro atoms. The molecule has 0 aliphatic carbocycles. The van der Waals surface area contributed by atoms with Crippen molar-refractivity contribution in [3.8, 4) is 11.1 Å². The SMILES string of the molecule is CC(=O)Nc1ccc2c(c1)[nH]c1ccc(-c3cccc(C(F)(F)F)c3)cc12. The number of anilines is 1. The summed E-state index contributed by atoms with van der Waals surface area (Å²) in [7, 11) is 0. The first-order valence-corrected chi connectivity index (χ1v) is 8.32. The number of carbonyl (C=O) groups excluding carboxylic acids is 1. The van der Waals surface area contributed by atoms with Gasteiger partial charge in [-0.2, -0.15) is 13.2 Å². The topological polar surface area (TPSA) is 44.9 Å². The van der Waals surface area contributed by atoms with Gasteiger partial charge in [0.25, 0.3) is 0 Å². The van der Waals surface area contributed by atoms with Crippen molar-refractivity contribution in [3.63, 3.8) is 0 Å². The summed E-state index contributed by atoms with van der Waals surface area (Å²) < 4.78 is 39.0. The van der Waals surface area contributed by atoms with Gasteiger partial charge in [0.05, 0.1) is 5.56 Å². The largest absolute Gasteiger partial charge is 0.416 e. The van der Waals surface area contributed by atoms with Crippen molar-refractivity contribution < 1.29 is 18.0 Å². The highest BCUT2D eigenvalue weighted by Gasteiger charge is 2.30. The van der Waals surface area contributed by atoms with Crippen LogP contribution in [0.1, 0.15) is 12.5 Å². The lowest BCUT2D eigenvalue weighted by molar-refractivity contribution is -0.137. The van der Waals surface area contributed by atoms with Crippen molar-refractivity contribution in [2.45, 2.75) is 13.1 Å². The second kappa shape index (κ2) is 6.16. The lowest BCUT2D eigenvalue weighted by Gasteiger charge is -2.09. The van der Waals surface area contributed by atoms with E-state index in [2.05, 4.69) is 10.3 Å². The lowest BCUT2D eigenvalue weighted by Crippen LogP contribution is -2.05. The summed E-state index contributed by atoms with van der Waals surface area (Å²) in [5.74, 6) is -0.155. The van der Waals surface area contributed by atoms with Crippen LogP contribution in [-0.4, -0.2) is 10.9 Å². The van der Waals surface area contributed by atoms with Gasteiger partial charge in [0.2, 0.25) is 5.91 Å². The molecule has 0 bridgehead atoms. The number of amides is 1. The Kier molecular flexibility index (Phi) is 3.91. The molecule has 1 heterocycles. The molecule has 27 heavy (non-hydrogen) atoms. The van der Waals surface area contributed by atoms with Gasteiger partial charge in [0, 0.05) is 34.4 Å². The van der Waals surface area contributed by atoms with Crippen LogP contribution >= 0.6 is 0 Å². The van der Waals surface area contributed by atoms with Crippen LogP contribution in [0.4, 0.5) is 18.9 Å². The fraction of sp³-hybridized carbons (Fsp3) is 0.0952. The second-order valence-corrected chi connectivity index (χ2v) is 6.41. The Balaban J connectivity index is 1.82. The first-order chi connectivity index (χ1) is 12.8. The minimum absolute atomic E-state index is 0.155. The molecule has 4 rings (SSSR count). The van der Waals surface area contributed by atoms with Crippen LogP contribution in [0.3, 0.4) is 0 Å². The summed E-state index contributed by atoms with van der Waals surface area (Å²) in [6.45, 7) is 1.44. The molecule has 136 valence electrons. The molecular formula is C21H15F3N2O. The minimum atomic E-state index is -4.37. The van der Waals surface area contributed by atoms with Gasteiger partial charge >= 0.3 is 6.18 Å². The molecule has 1 aromatic heterocycles. The highest BCUT2D eigenvalue weighted by molar-refractivity contribution is 6.09. The molecular weight excluding hydrogens is 353 g/mol. The van der Waals surface area contributed by atoms with E-state index in [9.17, 15) is 18.0 Å². The van der Waals surface area contributed by atoms with Crippen LogP contribution in [0.5, 0.6) is 0 Å². The Hall–Kier alpha value is -3.28. The first-order valence-electron chi connectivity index (χ1n) is 8.32. The number of benzene rings is 3.